The van der Waals surface area contributed by atoms with Crippen LogP contribution in [0.5, 0.6) is 0 Å². The molecule has 0 aliphatic heterocycles. The molecule has 0 spiro atoms. The highest BCUT2D eigenvalue weighted by Gasteiger charge is 2.14. The molecule has 2 amide bonds. The quantitative estimate of drug-likeness (QED) is 0.326. The van der Waals surface area contributed by atoms with Crippen LogP contribution in [0.2, 0.25) is 0 Å². The van der Waals surface area contributed by atoms with Gasteiger partial charge in [0.1, 0.15) is 0 Å². The van der Waals surface area contributed by atoms with E-state index in [1.54, 1.807) is 0 Å². The van der Waals surface area contributed by atoms with Crippen LogP contribution in [-0.4, -0.2) is 38.1 Å². The van der Waals surface area contributed by atoms with Gasteiger partial charge in [0.05, 0.1) is 11.8 Å². The molecule has 2 unspecified atom stereocenters. The van der Waals surface area contributed by atoms with Gasteiger partial charge in [0.15, 0.2) is 0 Å². The predicted molar refractivity (Wildman–Crippen MR) is 63.5 cm³/mol. The molecule has 17 heavy (non-hydrogen) atoms. The Balaban J connectivity index is 3.64. The zero-order valence-electron chi connectivity index (χ0n) is 9.93. The number of ether oxygens (including phenoxy) is 1. The van der Waals surface area contributed by atoms with Gasteiger partial charge in [0.25, 0.3) is 0 Å². The van der Waals surface area contributed by atoms with E-state index >= 15 is 0 Å². The number of primary amides is 2. The van der Waals surface area contributed by atoms with E-state index in [0.29, 0.717) is 26.1 Å². The van der Waals surface area contributed by atoms with Crippen molar-refractivity contribution in [2.75, 3.05) is 26.3 Å². The minimum Gasteiger partial charge on any atom is -0.381 e. The third-order valence-corrected chi connectivity index (χ3v) is 2.60. The number of hydrogen-bond acceptors (Lipinski definition) is 5. The van der Waals surface area contributed by atoms with Crippen LogP contribution in [0.15, 0.2) is 0 Å². The molecule has 0 fully saturated rings. The van der Waals surface area contributed by atoms with Crippen molar-refractivity contribution in [3.05, 3.63) is 0 Å². The summed E-state index contributed by atoms with van der Waals surface area (Å²) < 4.78 is 5.27. The van der Waals surface area contributed by atoms with E-state index in [9.17, 15) is 9.59 Å². The van der Waals surface area contributed by atoms with Gasteiger partial charge in [0, 0.05) is 26.3 Å². The minimum absolute atomic E-state index is 0.214. The Kier molecular flexibility index (Phi) is 8.29. The number of nitrogens with two attached hydrogens (primary N) is 4. The molecule has 0 aromatic rings. The van der Waals surface area contributed by atoms with E-state index in [-0.39, 0.29) is 24.9 Å². The topological polar surface area (TPSA) is 147 Å². The van der Waals surface area contributed by atoms with Crippen LogP contribution >= 0.6 is 0 Å². The molecular formula is C10H22N4O3. The van der Waals surface area contributed by atoms with E-state index in [1.165, 1.54) is 0 Å². The first kappa shape index (κ1) is 15.8. The van der Waals surface area contributed by atoms with Crippen LogP contribution in [0.4, 0.5) is 0 Å². The Morgan fingerprint density at radius 1 is 0.882 bits per heavy atom. The highest BCUT2D eigenvalue weighted by molar-refractivity contribution is 5.77. The van der Waals surface area contributed by atoms with Crippen LogP contribution in [0.3, 0.4) is 0 Å². The molecule has 7 nitrogen and oxygen atoms in total. The second-order valence-electron chi connectivity index (χ2n) is 3.86. The van der Waals surface area contributed by atoms with E-state index in [2.05, 4.69) is 0 Å². The highest BCUT2D eigenvalue weighted by atomic mass is 16.5. The molecule has 0 heterocycles. The van der Waals surface area contributed by atoms with Crippen LogP contribution in [0.25, 0.3) is 0 Å². The van der Waals surface area contributed by atoms with Crippen molar-refractivity contribution in [2.45, 2.75) is 12.8 Å². The van der Waals surface area contributed by atoms with Gasteiger partial charge in [-0.2, -0.15) is 0 Å². The Labute approximate surface area is 101 Å². The summed E-state index contributed by atoms with van der Waals surface area (Å²) in [5.74, 6) is -1.57. The summed E-state index contributed by atoms with van der Waals surface area (Å²) in [6.07, 6.45) is 0.964. The lowest BCUT2D eigenvalue weighted by molar-refractivity contribution is -0.122. The van der Waals surface area contributed by atoms with E-state index < -0.39 is 11.8 Å². The van der Waals surface area contributed by atoms with Crippen LogP contribution in [-0.2, 0) is 14.3 Å². The third kappa shape index (κ3) is 6.88. The first-order chi connectivity index (χ1) is 8.02. The maximum Gasteiger partial charge on any atom is 0.221 e. The maximum absolute atomic E-state index is 10.8. The highest BCUT2D eigenvalue weighted by Crippen LogP contribution is 2.03. The predicted octanol–water partition coefficient (Wildman–Crippen LogP) is -2.10. The van der Waals surface area contributed by atoms with E-state index in [4.69, 9.17) is 27.7 Å². The SMILES string of the molecule is NCC(CCOCCC(CN)C(N)=O)C(N)=O. The number of carbonyl (C=O) groups is 2. The molecule has 7 heteroatoms. The first-order valence-electron chi connectivity index (χ1n) is 5.59. The van der Waals surface area contributed by atoms with Crippen molar-refractivity contribution in [1.29, 1.82) is 0 Å². The average Bonchev–Trinajstić information content (AvgIpc) is 2.27. The van der Waals surface area contributed by atoms with Gasteiger partial charge in [-0.3, -0.25) is 9.59 Å². The molecule has 0 rings (SSSR count). The Morgan fingerprint density at radius 2 is 1.24 bits per heavy atom. The smallest absolute Gasteiger partial charge is 0.221 e. The molecule has 100 valence electrons. The summed E-state index contributed by atoms with van der Waals surface area (Å²) in [6.45, 7) is 1.18. The number of hydrogen-bond donors (Lipinski definition) is 4. The first-order valence-corrected chi connectivity index (χ1v) is 5.59. The summed E-state index contributed by atoms with van der Waals surface area (Å²) in [4.78, 5) is 21.7. The molecule has 0 aromatic heterocycles. The summed E-state index contributed by atoms with van der Waals surface area (Å²) in [6, 6.07) is 0. The molecule has 0 saturated carbocycles. The average molecular weight is 246 g/mol. The summed E-state index contributed by atoms with van der Waals surface area (Å²) in [7, 11) is 0. The molecule has 8 N–H and O–H groups in total. The number of rotatable bonds is 10. The van der Waals surface area contributed by atoms with Gasteiger partial charge in [-0.05, 0) is 12.8 Å². The monoisotopic (exact) mass is 246 g/mol. The standard InChI is InChI=1S/C10H22N4O3/c11-5-7(9(13)15)1-3-17-4-2-8(6-12)10(14)16/h7-8H,1-6,11-12H2,(H2,13,15)(H2,14,16). The van der Waals surface area contributed by atoms with Gasteiger partial charge in [-0.15, -0.1) is 0 Å². The lowest BCUT2D eigenvalue weighted by Gasteiger charge is -2.13. The van der Waals surface area contributed by atoms with Gasteiger partial charge >= 0.3 is 0 Å². The molecule has 0 bridgehead atoms. The van der Waals surface area contributed by atoms with Crippen molar-refractivity contribution >= 4 is 11.8 Å². The molecule has 0 saturated heterocycles. The van der Waals surface area contributed by atoms with Crippen molar-refractivity contribution in [2.24, 2.45) is 34.8 Å². The normalized spacial score (nSPS) is 14.2. The lowest BCUT2D eigenvalue weighted by atomic mass is 10.1. The molecule has 2 atom stereocenters. The van der Waals surface area contributed by atoms with E-state index in [1.807, 2.05) is 0 Å². The molecule has 0 aliphatic rings. The van der Waals surface area contributed by atoms with Gasteiger partial charge in [-0.25, -0.2) is 0 Å². The minimum atomic E-state index is -0.423. The van der Waals surface area contributed by atoms with Crippen molar-refractivity contribution in [3.8, 4) is 0 Å². The summed E-state index contributed by atoms with van der Waals surface area (Å²) in [5.41, 5.74) is 21.0. The Morgan fingerprint density at radius 3 is 1.47 bits per heavy atom. The van der Waals surface area contributed by atoms with Crippen molar-refractivity contribution in [3.63, 3.8) is 0 Å². The fraction of sp³-hybridized carbons (Fsp3) is 0.800. The Bertz CT molecular complexity index is 224. The largest absolute Gasteiger partial charge is 0.381 e. The molecular weight excluding hydrogens is 224 g/mol. The Hall–Kier alpha value is -1.18. The second-order valence-corrected chi connectivity index (χ2v) is 3.86. The van der Waals surface area contributed by atoms with Crippen LogP contribution < -0.4 is 22.9 Å². The fourth-order valence-electron chi connectivity index (χ4n) is 1.31. The van der Waals surface area contributed by atoms with Gasteiger partial charge < -0.3 is 27.7 Å². The zero-order chi connectivity index (χ0) is 13.3. The van der Waals surface area contributed by atoms with Crippen molar-refractivity contribution in [1.82, 2.24) is 0 Å². The maximum atomic E-state index is 10.8. The molecule has 0 aromatic carbocycles. The molecule has 0 radical (unpaired) electrons. The molecule has 0 aliphatic carbocycles. The third-order valence-electron chi connectivity index (χ3n) is 2.60. The van der Waals surface area contributed by atoms with E-state index in [0.717, 1.165) is 0 Å². The summed E-state index contributed by atoms with van der Waals surface area (Å²) in [5, 5.41) is 0. The van der Waals surface area contributed by atoms with Crippen molar-refractivity contribution < 1.29 is 14.3 Å². The lowest BCUT2D eigenvalue weighted by Crippen LogP contribution is -2.32. The van der Waals surface area contributed by atoms with Gasteiger partial charge in [-0.1, -0.05) is 0 Å². The fourth-order valence-corrected chi connectivity index (χ4v) is 1.31. The van der Waals surface area contributed by atoms with Crippen LogP contribution in [0.1, 0.15) is 12.8 Å². The zero-order valence-corrected chi connectivity index (χ0v) is 9.93. The number of amides is 2. The summed E-state index contributed by atoms with van der Waals surface area (Å²) >= 11 is 0. The second kappa shape index (κ2) is 8.91. The van der Waals surface area contributed by atoms with Crippen LogP contribution in [0, 0.1) is 11.8 Å². The van der Waals surface area contributed by atoms with Gasteiger partial charge in [0.2, 0.25) is 11.8 Å². The number of carbonyl (C=O) groups excluding carboxylic acids is 2.